The highest BCUT2D eigenvalue weighted by molar-refractivity contribution is 6.34. The number of rotatable bonds is 6. The number of hydrogen-bond donors (Lipinski definition) is 1. The third-order valence-electron chi connectivity index (χ3n) is 1.39. The predicted octanol–water partition coefficient (Wildman–Crippen LogP) is -1.39. The van der Waals surface area contributed by atoms with Gasteiger partial charge in [-0.25, -0.2) is 4.79 Å². The summed E-state index contributed by atoms with van der Waals surface area (Å²) < 4.78 is 9.71. The molecule has 0 radical (unpaired) electrons. The summed E-state index contributed by atoms with van der Waals surface area (Å²) in [6.07, 6.45) is -0.540. The quantitative estimate of drug-likeness (QED) is 0.197. The molecule has 76 valence electrons. The van der Waals surface area contributed by atoms with Crippen LogP contribution in [0.4, 0.5) is 0 Å². The Kier molecular flexibility index (Phi) is 6.78. The summed E-state index contributed by atoms with van der Waals surface area (Å²) in [6.45, 7) is 4.95. The molecule has 1 atom stereocenters. The Morgan fingerprint density at radius 1 is 1.77 bits per heavy atom. The number of carbonyl (C=O) groups excluding carboxylic acids is 1. The van der Waals surface area contributed by atoms with Crippen LogP contribution in [0.25, 0.3) is 0 Å². The zero-order chi connectivity index (χ0) is 10.3. The minimum atomic E-state index is -1.01. The third kappa shape index (κ3) is 6.70. The molecule has 0 aromatic rings. The van der Waals surface area contributed by atoms with Gasteiger partial charge < -0.3 is 14.0 Å². The zero-order valence-corrected chi connectivity index (χ0v) is 11.5. The Morgan fingerprint density at radius 2 is 2.38 bits per heavy atom. The maximum atomic E-state index is 10.9. The fourth-order valence-corrected chi connectivity index (χ4v) is 2.36. The van der Waals surface area contributed by atoms with Crippen molar-refractivity contribution >= 4 is 26.2 Å². The second kappa shape index (κ2) is 7.01. The molecular weight excluding hydrogens is 204 g/mol. The van der Waals surface area contributed by atoms with E-state index in [1.807, 2.05) is 0 Å². The van der Waals surface area contributed by atoms with Gasteiger partial charge in [0, 0.05) is 12.0 Å². The summed E-state index contributed by atoms with van der Waals surface area (Å²) in [5.41, 5.74) is 0.301. The van der Waals surface area contributed by atoms with E-state index < -0.39 is 22.0 Å². The monoisotopic (exact) mass is 220 g/mol. The highest BCUT2D eigenvalue weighted by Crippen LogP contribution is 2.02. The number of carbonyl (C=O) groups is 1. The lowest BCUT2D eigenvalue weighted by atomic mass is 10.3. The second-order valence-corrected chi connectivity index (χ2v) is 6.20. The molecule has 1 N–H and O–H groups in total. The topological polar surface area (TPSA) is 55.8 Å². The van der Waals surface area contributed by atoms with Gasteiger partial charge in [0.2, 0.25) is 6.29 Å². The van der Waals surface area contributed by atoms with Crippen LogP contribution in [0.1, 0.15) is 13.3 Å². The first-order valence-electron chi connectivity index (χ1n) is 4.11. The van der Waals surface area contributed by atoms with Gasteiger partial charge in [0.05, 0.1) is 0 Å². The van der Waals surface area contributed by atoms with Crippen molar-refractivity contribution in [2.45, 2.75) is 25.7 Å². The van der Waals surface area contributed by atoms with Crippen molar-refractivity contribution in [1.29, 1.82) is 0 Å². The van der Waals surface area contributed by atoms with Crippen LogP contribution in [0.5, 0.6) is 0 Å². The summed E-state index contributed by atoms with van der Waals surface area (Å²) in [5.74, 6) is -0.541. The number of aliphatic hydroxyl groups is 1. The van der Waals surface area contributed by atoms with Crippen LogP contribution in [-0.4, -0.2) is 37.6 Å². The van der Waals surface area contributed by atoms with E-state index in [0.29, 0.717) is 12.0 Å². The van der Waals surface area contributed by atoms with E-state index in [-0.39, 0.29) is 0 Å². The summed E-state index contributed by atoms with van der Waals surface area (Å²) >= 11 is 0. The second-order valence-electron chi connectivity index (χ2n) is 2.78. The minimum Gasteiger partial charge on any atom is -0.468 e. The molecule has 6 heteroatoms. The average molecular weight is 220 g/mol. The van der Waals surface area contributed by atoms with E-state index >= 15 is 0 Å². The Hall–Kier alpha value is -0.436. The standard InChI is InChI=1S/C7H16O4Si2/c1-5(2)7(9)10-6(8)3-4-13-11-12/h6,8H,1,3-4,13H2,2,12H3. The fourth-order valence-electron chi connectivity index (χ4n) is 0.685. The first-order valence-corrected chi connectivity index (χ1v) is 6.50. The largest absolute Gasteiger partial charge is 0.468 e. The maximum Gasteiger partial charge on any atom is 0.335 e. The summed E-state index contributed by atoms with van der Waals surface area (Å²) in [7, 11) is 0.266. The Bertz CT molecular complexity index is 183. The van der Waals surface area contributed by atoms with Crippen LogP contribution in [0, 0.1) is 0 Å². The Morgan fingerprint density at radius 3 is 2.85 bits per heavy atom. The lowest BCUT2D eigenvalue weighted by molar-refractivity contribution is -0.163. The van der Waals surface area contributed by atoms with Gasteiger partial charge in [-0.2, -0.15) is 0 Å². The molecule has 0 amide bonds. The van der Waals surface area contributed by atoms with E-state index in [2.05, 4.69) is 11.3 Å². The molecule has 0 aromatic heterocycles. The molecular formula is C7H16O4Si2. The Balaban J connectivity index is 3.55. The first kappa shape index (κ1) is 12.6. The predicted molar refractivity (Wildman–Crippen MR) is 55.9 cm³/mol. The van der Waals surface area contributed by atoms with Crippen LogP contribution < -0.4 is 0 Å². The number of esters is 1. The Labute approximate surface area is 83.4 Å². The highest BCUT2D eigenvalue weighted by atomic mass is 28.3. The molecule has 0 saturated heterocycles. The molecule has 0 rings (SSSR count). The molecule has 0 heterocycles. The summed E-state index contributed by atoms with van der Waals surface area (Å²) in [6, 6.07) is 0.828. The fraction of sp³-hybridized carbons (Fsp3) is 0.571. The lowest BCUT2D eigenvalue weighted by Crippen LogP contribution is -2.18. The van der Waals surface area contributed by atoms with E-state index in [9.17, 15) is 9.90 Å². The van der Waals surface area contributed by atoms with Crippen molar-refractivity contribution in [3.05, 3.63) is 12.2 Å². The normalized spacial score (nSPS) is 13.4. The molecule has 0 fully saturated rings. The minimum absolute atomic E-state index is 0.301. The molecule has 0 aliphatic carbocycles. The van der Waals surface area contributed by atoms with Gasteiger partial charge in [-0.3, -0.25) is 0 Å². The van der Waals surface area contributed by atoms with Crippen molar-refractivity contribution in [2.75, 3.05) is 0 Å². The smallest absolute Gasteiger partial charge is 0.335 e. The number of ether oxygens (including phenoxy) is 1. The van der Waals surface area contributed by atoms with Gasteiger partial charge in [0.25, 0.3) is 0 Å². The van der Waals surface area contributed by atoms with Crippen molar-refractivity contribution < 1.29 is 18.8 Å². The molecule has 0 saturated carbocycles. The van der Waals surface area contributed by atoms with Crippen LogP contribution in [0.2, 0.25) is 6.04 Å². The van der Waals surface area contributed by atoms with Crippen LogP contribution in [-0.2, 0) is 13.6 Å². The van der Waals surface area contributed by atoms with Gasteiger partial charge in [-0.05, 0) is 13.0 Å². The van der Waals surface area contributed by atoms with E-state index in [1.54, 1.807) is 6.92 Å². The SMILES string of the molecule is C=C(C)C(=O)OC(O)CC[SiH2]O[SiH3]. The van der Waals surface area contributed by atoms with Gasteiger partial charge in [0.1, 0.15) is 20.2 Å². The van der Waals surface area contributed by atoms with Crippen LogP contribution in [0.3, 0.4) is 0 Å². The number of hydrogen-bond acceptors (Lipinski definition) is 4. The van der Waals surface area contributed by atoms with E-state index in [4.69, 9.17) is 4.12 Å². The van der Waals surface area contributed by atoms with Gasteiger partial charge in [-0.1, -0.05) is 6.58 Å². The lowest BCUT2D eigenvalue weighted by Gasteiger charge is -2.11. The molecule has 0 aromatic carbocycles. The van der Waals surface area contributed by atoms with Gasteiger partial charge in [0.15, 0.2) is 0 Å². The molecule has 4 nitrogen and oxygen atoms in total. The maximum absolute atomic E-state index is 10.9. The molecule has 0 aliphatic heterocycles. The van der Waals surface area contributed by atoms with Gasteiger partial charge in [-0.15, -0.1) is 0 Å². The van der Waals surface area contributed by atoms with Crippen molar-refractivity contribution in [1.82, 2.24) is 0 Å². The molecule has 0 aliphatic rings. The van der Waals surface area contributed by atoms with E-state index in [1.165, 1.54) is 0 Å². The molecule has 1 unspecified atom stereocenters. The average Bonchev–Trinajstić information content (AvgIpc) is 2.04. The molecule has 0 bridgehead atoms. The van der Waals surface area contributed by atoms with Crippen molar-refractivity contribution in [3.63, 3.8) is 0 Å². The van der Waals surface area contributed by atoms with Crippen molar-refractivity contribution in [3.8, 4) is 0 Å². The third-order valence-corrected chi connectivity index (χ3v) is 3.72. The van der Waals surface area contributed by atoms with Crippen molar-refractivity contribution in [2.24, 2.45) is 0 Å². The highest BCUT2D eigenvalue weighted by Gasteiger charge is 2.10. The molecule has 13 heavy (non-hydrogen) atoms. The first-order chi connectivity index (χ1) is 6.07. The van der Waals surface area contributed by atoms with Crippen LogP contribution in [0.15, 0.2) is 12.2 Å². The van der Waals surface area contributed by atoms with E-state index in [0.717, 1.165) is 16.5 Å². The summed E-state index contributed by atoms with van der Waals surface area (Å²) in [5, 5.41) is 9.19. The molecule has 0 spiro atoms. The summed E-state index contributed by atoms with van der Waals surface area (Å²) in [4.78, 5) is 10.9. The number of aliphatic hydroxyl groups excluding tert-OH is 1. The zero-order valence-electron chi connectivity index (χ0n) is 8.08. The van der Waals surface area contributed by atoms with Gasteiger partial charge >= 0.3 is 5.97 Å². The van der Waals surface area contributed by atoms with Crippen LogP contribution >= 0.6 is 0 Å².